The van der Waals surface area contributed by atoms with Gasteiger partial charge < -0.3 is 10.1 Å². The summed E-state index contributed by atoms with van der Waals surface area (Å²) in [6.07, 6.45) is 1.33. The molecular weight excluding hydrogens is 230 g/mol. The van der Waals surface area contributed by atoms with Crippen LogP contribution in [-0.2, 0) is 0 Å². The Hall–Kier alpha value is -0.670. The van der Waals surface area contributed by atoms with Crippen molar-refractivity contribution in [2.24, 2.45) is 5.92 Å². The van der Waals surface area contributed by atoms with Crippen LogP contribution < -0.4 is 10.1 Å². The van der Waals surface area contributed by atoms with Gasteiger partial charge in [-0.2, -0.15) is 11.8 Å². The van der Waals surface area contributed by atoms with Crippen LogP contribution in [-0.4, -0.2) is 25.2 Å². The van der Waals surface area contributed by atoms with Gasteiger partial charge in [0.2, 0.25) is 0 Å². The zero-order valence-electron chi connectivity index (χ0n) is 10.6. The Balaban J connectivity index is 2.12. The molecule has 1 aliphatic heterocycles. The standard InChI is InChI=1S/C14H21NOS/c1-3-15-14(12-8-9-17-10-12)11-4-6-13(16-2)7-5-11/h4-7,12,14-15H,3,8-10H2,1-2H3. The monoisotopic (exact) mass is 251 g/mol. The average molecular weight is 251 g/mol. The summed E-state index contributed by atoms with van der Waals surface area (Å²) in [4.78, 5) is 0. The summed E-state index contributed by atoms with van der Waals surface area (Å²) in [6.45, 7) is 3.20. The maximum Gasteiger partial charge on any atom is 0.118 e. The van der Waals surface area contributed by atoms with Gasteiger partial charge in [0.05, 0.1) is 7.11 Å². The molecule has 0 bridgehead atoms. The number of hydrogen-bond acceptors (Lipinski definition) is 3. The quantitative estimate of drug-likeness (QED) is 0.869. The van der Waals surface area contributed by atoms with Crippen molar-refractivity contribution in [3.63, 3.8) is 0 Å². The second-order valence-corrected chi connectivity index (χ2v) is 5.58. The Morgan fingerprint density at radius 3 is 2.71 bits per heavy atom. The lowest BCUT2D eigenvalue weighted by atomic mass is 9.92. The molecule has 0 aromatic heterocycles. The van der Waals surface area contributed by atoms with E-state index in [0.29, 0.717) is 6.04 Å². The Bertz CT molecular complexity index is 333. The minimum absolute atomic E-state index is 0.501. The summed E-state index contributed by atoms with van der Waals surface area (Å²) in [5.41, 5.74) is 1.39. The number of methoxy groups -OCH3 is 1. The Labute approximate surface area is 108 Å². The van der Waals surface area contributed by atoms with Crippen LogP contribution in [0.15, 0.2) is 24.3 Å². The fourth-order valence-corrected chi connectivity index (χ4v) is 3.70. The van der Waals surface area contributed by atoms with E-state index in [9.17, 15) is 0 Å². The van der Waals surface area contributed by atoms with Crippen LogP contribution in [0.4, 0.5) is 0 Å². The highest BCUT2D eigenvalue weighted by Gasteiger charge is 2.25. The highest BCUT2D eigenvalue weighted by molar-refractivity contribution is 7.99. The fraction of sp³-hybridized carbons (Fsp3) is 0.571. The van der Waals surface area contributed by atoms with E-state index in [-0.39, 0.29) is 0 Å². The van der Waals surface area contributed by atoms with E-state index in [1.165, 1.54) is 23.5 Å². The van der Waals surface area contributed by atoms with Gasteiger partial charge in [-0.3, -0.25) is 0 Å². The van der Waals surface area contributed by atoms with Crippen molar-refractivity contribution in [3.05, 3.63) is 29.8 Å². The Morgan fingerprint density at radius 1 is 1.41 bits per heavy atom. The lowest BCUT2D eigenvalue weighted by Crippen LogP contribution is -2.28. The smallest absolute Gasteiger partial charge is 0.118 e. The normalized spacial score (nSPS) is 21.4. The summed E-state index contributed by atoms with van der Waals surface area (Å²) in [5, 5.41) is 3.62. The average Bonchev–Trinajstić information content (AvgIpc) is 2.90. The zero-order chi connectivity index (χ0) is 12.1. The van der Waals surface area contributed by atoms with Gasteiger partial charge >= 0.3 is 0 Å². The lowest BCUT2D eigenvalue weighted by molar-refractivity contribution is 0.398. The third-order valence-corrected chi connectivity index (χ3v) is 4.52. The van der Waals surface area contributed by atoms with Crippen LogP contribution in [0.25, 0.3) is 0 Å². The fourth-order valence-electron chi connectivity index (χ4n) is 2.40. The van der Waals surface area contributed by atoms with Crippen LogP contribution in [0.3, 0.4) is 0 Å². The molecule has 2 nitrogen and oxygen atoms in total. The summed E-state index contributed by atoms with van der Waals surface area (Å²) in [5.74, 6) is 4.30. The molecule has 1 aromatic rings. The van der Waals surface area contributed by atoms with Crippen LogP contribution in [0.5, 0.6) is 5.75 Å². The summed E-state index contributed by atoms with van der Waals surface area (Å²) in [7, 11) is 1.71. The second-order valence-electron chi connectivity index (χ2n) is 4.43. The highest BCUT2D eigenvalue weighted by Crippen LogP contribution is 2.34. The maximum atomic E-state index is 5.21. The molecule has 1 heterocycles. The topological polar surface area (TPSA) is 21.3 Å². The highest BCUT2D eigenvalue weighted by atomic mass is 32.2. The van der Waals surface area contributed by atoms with Gasteiger partial charge in [0.15, 0.2) is 0 Å². The molecule has 0 aliphatic carbocycles. The SMILES string of the molecule is CCNC(c1ccc(OC)cc1)C1CCSC1. The minimum atomic E-state index is 0.501. The first-order valence-corrected chi connectivity index (χ1v) is 7.45. The van der Waals surface area contributed by atoms with Crippen molar-refractivity contribution in [1.29, 1.82) is 0 Å². The van der Waals surface area contributed by atoms with Gasteiger partial charge in [0.25, 0.3) is 0 Å². The number of thioether (sulfide) groups is 1. The molecule has 2 atom stereocenters. The third kappa shape index (κ3) is 3.17. The zero-order valence-corrected chi connectivity index (χ0v) is 11.4. The van der Waals surface area contributed by atoms with Gasteiger partial charge in [0.1, 0.15) is 5.75 Å². The van der Waals surface area contributed by atoms with E-state index in [1.807, 2.05) is 0 Å². The molecular formula is C14H21NOS. The van der Waals surface area contributed by atoms with E-state index in [1.54, 1.807) is 7.11 Å². The van der Waals surface area contributed by atoms with Crippen molar-refractivity contribution >= 4 is 11.8 Å². The number of ether oxygens (including phenoxy) is 1. The van der Waals surface area contributed by atoms with Gasteiger partial charge in [-0.25, -0.2) is 0 Å². The van der Waals surface area contributed by atoms with Crippen molar-refractivity contribution in [2.45, 2.75) is 19.4 Å². The Kier molecular flexibility index (Phi) is 4.75. The molecule has 0 spiro atoms. The molecule has 1 N–H and O–H groups in total. The molecule has 1 saturated heterocycles. The minimum Gasteiger partial charge on any atom is -0.497 e. The number of hydrogen-bond donors (Lipinski definition) is 1. The molecule has 94 valence electrons. The van der Waals surface area contributed by atoms with Gasteiger partial charge in [-0.1, -0.05) is 19.1 Å². The predicted octanol–water partition coefficient (Wildman–Crippen LogP) is 3.10. The molecule has 1 aromatic carbocycles. The van der Waals surface area contributed by atoms with E-state index < -0.39 is 0 Å². The number of rotatable bonds is 5. The first kappa shape index (κ1) is 12.8. The van der Waals surface area contributed by atoms with Crippen molar-refractivity contribution in [1.82, 2.24) is 5.32 Å². The maximum absolute atomic E-state index is 5.21. The summed E-state index contributed by atoms with van der Waals surface area (Å²) in [6, 6.07) is 8.99. The van der Waals surface area contributed by atoms with Crippen LogP contribution >= 0.6 is 11.8 Å². The van der Waals surface area contributed by atoms with Gasteiger partial charge in [-0.15, -0.1) is 0 Å². The molecule has 1 fully saturated rings. The second kappa shape index (κ2) is 6.31. The first-order chi connectivity index (χ1) is 8.35. The molecule has 0 amide bonds. The number of benzene rings is 1. The molecule has 0 saturated carbocycles. The van der Waals surface area contributed by atoms with Crippen molar-refractivity contribution in [2.75, 3.05) is 25.2 Å². The third-order valence-electron chi connectivity index (χ3n) is 3.34. The largest absolute Gasteiger partial charge is 0.497 e. The molecule has 3 heteroatoms. The summed E-state index contributed by atoms with van der Waals surface area (Å²) < 4.78 is 5.21. The van der Waals surface area contributed by atoms with Gasteiger partial charge in [0, 0.05) is 6.04 Å². The van der Waals surface area contributed by atoms with Crippen molar-refractivity contribution in [3.8, 4) is 5.75 Å². The number of nitrogens with one attached hydrogen (secondary N) is 1. The predicted molar refractivity (Wildman–Crippen MR) is 74.8 cm³/mol. The van der Waals surface area contributed by atoms with E-state index >= 15 is 0 Å². The van der Waals surface area contributed by atoms with E-state index in [2.05, 4.69) is 48.3 Å². The molecule has 17 heavy (non-hydrogen) atoms. The lowest BCUT2D eigenvalue weighted by Gasteiger charge is -2.24. The van der Waals surface area contributed by atoms with Crippen LogP contribution in [0.1, 0.15) is 24.9 Å². The van der Waals surface area contributed by atoms with E-state index in [0.717, 1.165) is 18.2 Å². The molecule has 0 radical (unpaired) electrons. The molecule has 2 unspecified atom stereocenters. The van der Waals surface area contributed by atoms with Crippen LogP contribution in [0.2, 0.25) is 0 Å². The summed E-state index contributed by atoms with van der Waals surface area (Å²) >= 11 is 2.07. The molecule has 1 aliphatic rings. The van der Waals surface area contributed by atoms with Crippen LogP contribution in [0, 0.1) is 5.92 Å². The molecule has 2 rings (SSSR count). The van der Waals surface area contributed by atoms with Gasteiger partial charge in [-0.05, 0) is 48.1 Å². The first-order valence-electron chi connectivity index (χ1n) is 6.30. The Morgan fingerprint density at radius 2 is 2.18 bits per heavy atom. The van der Waals surface area contributed by atoms with E-state index in [4.69, 9.17) is 4.74 Å². The van der Waals surface area contributed by atoms with Crippen molar-refractivity contribution < 1.29 is 4.74 Å².